The number of benzene rings is 1. The number of nitriles is 1. The van der Waals surface area contributed by atoms with Crippen molar-refractivity contribution in [3.05, 3.63) is 59.4 Å². The van der Waals surface area contributed by atoms with Crippen LogP contribution in [0, 0.1) is 23.0 Å². The fraction of sp³-hybridized carbons (Fsp3) is 0.0769. The predicted molar refractivity (Wildman–Crippen MR) is 64.9 cm³/mol. The second-order valence-corrected chi connectivity index (χ2v) is 4.57. The number of nitrogens with zero attached hydrogens (tertiary/aromatic N) is 2. The zero-order valence-corrected chi connectivity index (χ0v) is 10.0. The van der Waals surface area contributed by atoms with Crippen LogP contribution < -0.4 is 0 Å². The van der Waals surface area contributed by atoms with Crippen LogP contribution in [-0.2, 0) is 5.75 Å². The lowest BCUT2D eigenvalue weighted by molar-refractivity contribution is 0.506. The average molecular weight is 262 g/mol. The highest BCUT2D eigenvalue weighted by Crippen LogP contribution is 2.24. The van der Waals surface area contributed by atoms with E-state index in [1.54, 1.807) is 18.3 Å². The SMILES string of the molecule is N#Cc1cc(CSc2ccc(F)c(F)c2)ccn1. The summed E-state index contributed by atoms with van der Waals surface area (Å²) in [5.74, 6) is -1.13. The number of aromatic nitrogens is 1. The molecule has 2 nitrogen and oxygen atoms in total. The molecular formula is C13H8F2N2S. The normalized spacial score (nSPS) is 10.1. The summed E-state index contributed by atoms with van der Waals surface area (Å²) in [6, 6.07) is 9.20. The molecule has 0 radical (unpaired) electrons. The minimum absolute atomic E-state index is 0.346. The third kappa shape index (κ3) is 3.05. The number of thioether (sulfide) groups is 1. The summed E-state index contributed by atoms with van der Waals surface area (Å²) < 4.78 is 25.7. The van der Waals surface area contributed by atoms with Gasteiger partial charge in [-0.1, -0.05) is 0 Å². The summed E-state index contributed by atoms with van der Waals surface area (Å²) in [5, 5.41) is 8.70. The molecule has 0 N–H and O–H groups in total. The first-order valence-corrected chi connectivity index (χ1v) is 6.10. The molecule has 0 bridgehead atoms. The van der Waals surface area contributed by atoms with Crippen molar-refractivity contribution in [1.29, 1.82) is 5.26 Å². The van der Waals surface area contributed by atoms with Gasteiger partial charge in [-0.3, -0.25) is 0 Å². The maximum atomic E-state index is 13.0. The molecule has 0 unspecified atom stereocenters. The molecule has 0 aliphatic rings. The summed E-state index contributed by atoms with van der Waals surface area (Å²) in [7, 11) is 0. The molecule has 2 rings (SSSR count). The van der Waals surface area contributed by atoms with Gasteiger partial charge in [0.05, 0.1) is 0 Å². The molecule has 0 aliphatic heterocycles. The van der Waals surface area contributed by atoms with E-state index in [9.17, 15) is 8.78 Å². The van der Waals surface area contributed by atoms with E-state index in [0.717, 1.165) is 17.7 Å². The minimum atomic E-state index is -0.854. The number of hydrogen-bond donors (Lipinski definition) is 0. The van der Waals surface area contributed by atoms with Gasteiger partial charge in [0.2, 0.25) is 0 Å². The topological polar surface area (TPSA) is 36.7 Å². The van der Waals surface area contributed by atoms with Crippen molar-refractivity contribution < 1.29 is 8.78 Å². The van der Waals surface area contributed by atoms with E-state index in [-0.39, 0.29) is 0 Å². The van der Waals surface area contributed by atoms with Crippen molar-refractivity contribution in [3.63, 3.8) is 0 Å². The van der Waals surface area contributed by atoms with Gasteiger partial charge in [-0.05, 0) is 35.9 Å². The van der Waals surface area contributed by atoms with E-state index in [1.165, 1.54) is 17.8 Å². The highest BCUT2D eigenvalue weighted by atomic mass is 32.2. The highest BCUT2D eigenvalue weighted by Gasteiger charge is 2.04. The van der Waals surface area contributed by atoms with Gasteiger partial charge < -0.3 is 0 Å². The first kappa shape index (κ1) is 12.5. The molecule has 5 heteroatoms. The van der Waals surface area contributed by atoms with E-state index in [1.807, 2.05) is 6.07 Å². The lowest BCUT2D eigenvalue weighted by Gasteiger charge is -2.02. The quantitative estimate of drug-likeness (QED) is 0.794. The summed E-state index contributed by atoms with van der Waals surface area (Å²) >= 11 is 1.37. The van der Waals surface area contributed by atoms with Gasteiger partial charge in [-0.25, -0.2) is 13.8 Å². The first-order valence-electron chi connectivity index (χ1n) is 5.12. The Morgan fingerprint density at radius 1 is 1.17 bits per heavy atom. The van der Waals surface area contributed by atoms with Crippen LogP contribution in [0.3, 0.4) is 0 Å². The maximum Gasteiger partial charge on any atom is 0.159 e. The average Bonchev–Trinajstić information content (AvgIpc) is 2.40. The van der Waals surface area contributed by atoms with Crippen LogP contribution in [0.5, 0.6) is 0 Å². The highest BCUT2D eigenvalue weighted by molar-refractivity contribution is 7.98. The summed E-state index contributed by atoms with van der Waals surface area (Å²) in [6.07, 6.45) is 1.56. The van der Waals surface area contributed by atoms with E-state index in [0.29, 0.717) is 16.3 Å². The molecule has 1 heterocycles. The van der Waals surface area contributed by atoms with E-state index in [2.05, 4.69) is 4.98 Å². The zero-order valence-electron chi connectivity index (χ0n) is 9.23. The molecule has 0 saturated heterocycles. The molecule has 1 aromatic heterocycles. The van der Waals surface area contributed by atoms with E-state index in [4.69, 9.17) is 5.26 Å². The Kier molecular flexibility index (Phi) is 3.90. The molecule has 1 aromatic carbocycles. The van der Waals surface area contributed by atoms with Crippen LogP contribution in [0.2, 0.25) is 0 Å². The monoisotopic (exact) mass is 262 g/mol. The second-order valence-electron chi connectivity index (χ2n) is 3.53. The first-order chi connectivity index (χ1) is 8.69. The lowest BCUT2D eigenvalue weighted by Crippen LogP contribution is -1.87. The van der Waals surface area contributed by atoms with Gasteiger partial charge in [0.15, 0.2) is 11.6 Å². The van der Waals surface area contributed by atoms with Gasteiger partial charge in [-0.2, -0.15) is 5.26 Å². The second kappa shape index (κ2) is 5.61. The Hall–Kier alpha value is -1.93. The molecular weight excluding hydrogens is 254 g/mol. The zero-order chi connectivity index (χ0) is 13.0. The van der Waals surface area contributed by atoms with Gasteiger partial charge in [0, 0.05) is 16.8 Å². The molecule has 0 fully saturated rings. The van der Waals surface area contributed by atoms with Crippen molar-refractivity contribution in [3.8, 4) is 6.07 Å². The fourth-order valence-electron chi connectivity index (χ4n) is 1.36. The van der Waals surface area contributed by atoms with Crippen LogP contribution in [0.1, 0.15) is 11.3 Å². The minimum Gasteiger partial charge on any atom is -0.246 e. The number of pyridine rings is 1. The van der Waals surface area contributed by atoms with Gasteiger partial charge in [0.25, 0.3) is 0 Å². The Bertz CT molecular complexity index is 608. The molecule has 18 heavy (non-hydrogen) atoms. The molecule has 90 valence electrons. The Morgan fingerprint density at radius 3 is 2.72 bits per heavy atom. The summed E-state index contributed by atoms with van der Waals surface area (Å²) in [6.45, 7) is 0. The Labute approximate surface area is 107 Å². The summed E-state index contributed by atoms with van der Waals surface area (Å²) in [5.41, 5.74) is 1.26. The van der Waals surface area contributed by atoms with Crippen molar-refractivity contribution >= 4 is 11.8 Å². The maximum absolute atomic E-state index is 13.0. The Morgan fingerprint density at radius 2 is 2.00 bits per heavy atom. The van der Waals surface area contributed by atoms with Crippen molar-refractivity contribution in [2.45, 2.75) is 10.6 Å². The van der Waals surface area contributed by atoms with E-state index < -0.39 is 11.6 Å². The van der Waals surface area contributed by atoms with Gasteiger partial charge in [0.1, 0.15) is 11.8 Å². The molecule has 0 saturated carbocycles. The van der Waals surface area contributed by atoms with Crippen molar-refractivity contribution in [1.82, 2.24) is 4.98 Å². The van der Waals surface area contributed by atoms with Crippen LogP contribution >= 0.6 is 11.8 Å². The standard InChI is InChI=1S/C13H8F2N2S/c14-12-2-1-11(6-13(12)15)18-8-9-3-4-17-10(5-9)7-16/h1-6H,8H2. The molecule has 0 spiro atoms. The van der Waals surface area contributed by atoms with Crippen LogP contribution in [0.15, 0.2) is 41.4 Å². The van der Waals surface area contributed by atoms with Crippen molar-refractivity contribution in [2.75, 3.05) is 0 Å². The van der Waals surface area contributed by atoms with Crippen LogP contribution in [-0.4, -0.2) is 4.98 Å². The molecule has 0 aliphatic carbocycles. The van der Waals surface area contributed by atoms with Crippen molar-refractivity contribution in [2.24, 2.45) is 0 Å². The van der Waals surface area contributed by atoms with Crippen LogP contribution in [0.25, 0.3) is 0 Å². The largest absolute Gasteiger partial charge is 0.246 e. The third-order valence-electron chi connectivity index (χ3n) is 2.24. The lowest BCUT2D eigenvalue weighted by atomic mass is 10.2. The Balaban J connectivity index is 2.07. The molecule has 0 atom stereocenters. The third-order valence-corrected chi connectivity index (χ3v) is 3.30. The smallest absolute Gasteiger partial charge is 0.159 e. The van der Waals surface area contributed by atoms with E-state index >= 15 is 0 Å². The molecule has 0 amide bonds. The predicted octanol–water partition coefficient (Wildman–Crippen LogP) is 3.52. The van der Waals surface area contributed by atoms with Crippen LogP contribution in [0.4, 0.5) is 8.78 Å². The van der Waals surface area contributed by atoms with Gasteiger partial charge >= 0.3 is 0 Å². The van der Waals surface area contributed by atoms with Gasteiger partial charge in [-0.15, -0.1) is 11.8 Å². The fourth-order valence-corrected chi connectivity index (χ4v) is 2.22. The summed E-state index contributed by atoms with van der Waals surface area (Å²) in [4.78, 5) is 4.50. The molecule has 2 aromatic rings. The number of halogens is 2. The number of hydrogen-bond acceptors (Lipinski definition) is 3. The number of rotatable bonds is 3.